The van der Waals surface area contributed by atoms with E-state index in [-0.39, 0.29) is 40.6 Å². The molecule has 2 heterocycles. The molecular weight excluding hydrogens is 533 g/mol. The average molecular weight is 567 g/mol. The number of benzene rings is 1. The standard InChI is InChI=1S/C27H33F3N4O4S/c1-6-21-23(24(36)32-13-19-11-12-20(14-31-19)39(37,38)7-2)33-25(26(3,4)5)34(21)15-17-9-8-10-18(16-35)22(17)27(28,29)30/h8-12,14,35H,6-7,13,15-16H2,1-5H3,(H,32,36). The summed E-state index contributed by atoms with van der Waals surface area (Å²) >= 11 is 0. The van der Waals surface area contributed by atoms with Crippen LogP contribution in [0.2, 0.25) is 0 Å². The summed E-state index contributed by atoms with van der Waals surface area (Å²) in [5.41, 5.74) is -0.755. The first kappa shape index (κ1) is 30.3. The number of aromatic nitrogens is 3. The molecule has 2 aromatic heterocycles. The molecule has 3 aromatic rings. The molecule has 1 amide bonds. The van der Waals surface area contributed by atoms with Crippen molar-refractivity contribution in [3.05, 3.63) is 76.1 Å². The topological polar surface area (TPSA) is 114 Å². The molecule has 1 aromatic carbocycles. The van der Waals surface area contributed by atoms with E-state index in [1.165, 1.54) is 43.5 Å². The third-order valence-electron chi connectivity index (χ3n) is 6.28. The van der Waals surface area contributed by atoms with Crippen molar-refractivity contribution in [2.24, 2.45) is 0 Å². The van der Waals surface area contributed by atoms with E-state index in [1.54, 1.807) is 11.5 Å². The minimum Gasteiger partial charge on any atom is -0.392 e. The summed E-state index contributed by atoms with van der Waals surface area (Å²) in [6.45, 7) is 7.96. The van der Waals surface area contributed by atoms with Crippen LogP contribution in [0.5, 0.6) is 0 Å². The molecule has 0 saturated carbocycles. The molecule has 0 aliphatic rings. The monoisotopic (exact) mass is 566 g/mol. The predicted molar refractivity (Wildman–Crippen MR) is 140 cm³/mol. The zero-order chi connectivity index (χ0) is 29.2. The molecule has 0 saturated heterocycles. The maximum atomic E-state index is 14.0. The number of aliphatic hydroxyl groups is 1. The molecule has 0 fully saturated rings. The Bertz CT molecular complexity index is 1440. The summed E-state index contributed by atoms with van der Waals surface area (Å²) in [5.74, 6) is -0.138. The number of aliphatic hydroxyl groups excluding tert-OH is 1. The Hall–Kier alpha value is -3.25. The number of hydrogen-bond donors (Lipinski definition) is 2. The Kier molecular flexibility index (Phi) is 8.91. The summed E-state index contributed by atoms with van der Waals surface area (Å²) in [4.78, 5) is 22.0. The zero-order valence-corrected chi connectivity index (χ0v) is 23.4. The Labute approximate surface area is 226 Å². The predicted octanol–water partition coefficient (Wildman–Crippen LogP) is 4.42. The number of carbonyl (C=O) groups is 1. The minimum atomic E-state index is -4.68. The van der Waals surface area contributed by atoms with E-state index in [4.69, 9.17) is 0 Å². The first-order valence-corrected chi connectivity index (χ1v) is 14.1. The highest BCUT2D eigenvalue weighted by Crippen LogP contribution is 2.36. The van der Waals surface area contributed by atoms with Gasteiger partial charge in [0.2, 0.25) is 0 Å². The van der Waals surface area contributed by atoms with Gasteiger partial charge in [-0.2, -0.15) is 13.2 Å². The number of rotatable bonds is 9. The molecule has 212 valence electrons. The lowest BCUT2D eigenvalue weighted by Gasteiger charge is -2.23. The van der Waals surface area contributed by atoms with Crippen molar-refractivity contribution in [1.82, 2.24) is 19.9 Å². The third-order valence-corrected chi connectivity index (χ3v) is 8.00. The van der Waals surface area contributed by atoms with Crippen molar-refractivity contribution < 1.29 is 31.5 Å². The van der Waals surface area contributed by atoms with Gasteiger partial charge < -0.3 is 15.0 Å². The lowest BCUT2D eigenvalue weighted by atomic mass is 9.95. The quantitative estimate of drug-likeness (QED) is 0.396. The first-order chi connectivity index (χ1) is 18.1. The van der Waals surface area contributed by atoms with Crippen LogP contribution in [0.3, 0.4) is 0 Å². The van der Waals surface area contributed by atoms with Gasteiger partial charge in [-0.3, -0.25) is 9.78 Å². The molecule has 2 N–H and O–H groups in total. The number of sulfone groups is 1. The van der Waals surface area contributed by atoms with Crippen molar-refractivity contribution in [3.8, 4) is 0 Å². The molecular formula is C27H33F3N4O4S. The van der Waals surface area contributed by atoms with Crippen LogP contribution in [0.15, 0.2) is 41.4 Å². The second-order valence-electron chi connectivity index (χ2n) is 10.1. The molecule has 0 atom stereocenters. The van der Waals surface area contributed by atoms with Crippen LogP contribution in [0.1, 0.15) is 79.0 Å². The molecule has 12 heteroatoms. The number of nitrogens with one attached hydrogen (secondary N) is 1. The van der Waals surface area contributed by atoms with Gasteiger partial charge in [-0.1, -0.05) is 52.8 Å². The van der Waals surface area contributed by atoms with Gasteiger partial charge in [-0.05, 0) is 29.7 Å². The molecule has 0 unspecified atom stereocenters. The highest BCUT2D eigenvalue weighted by atomic mass is 32.2. The van der Waals surface area contributed by atoms with E-state index in [2.05, 4.69) is 15.3 Å². The van der Waals surface area contributed by atoms with Gasteiger partial charge in [0.15, 0.2) is 9.84 Å². The molecule has 0 aliphatic carbocycles. The SMILES string of the molecule is CCc1c(C(=O)NCc2ccc(S(=O)(=O)CC)cn2)nc(C(C)(C)C)n1Cc1cccc(CO)c1C(F)(F)F. The maximum Gasteiger partial charge on any atom is 0.417 e. The van der Waals surface area contributed by atoms with Gasteiger partial charge in [0.05, 0.1) is 40.8 Å². The number of alkyl halides is 3. The smallest absolute Gasteiger partial charge is 0.392 e. The molecule has 0 aliphatic heterocycles. The lowest BCUT2D eigenvalue weighted by Crippen LogP contribution is -2.25. The summed E-state index contributed by atoms with van der Waals surface area (Å²) in [5, 5.41) is 12.3. The zero-order valence-electron chi connectivity index (χ0n) is 22.6. The largest absolute Gasteiger partial charge is 0.417 e. The van der Waals surface area contributed by atoms with Crippen LogP contribution >= 0.6 is 0 Å². The van der Waals surface area contributed by atoms with Crippen LogP contribution < -0.4 is 5.32 Å². The van der Waals surface area contributed by atoms with E-state index < -0.39 is 39.5 Å². The number of hydrogen-bond acceptors (Lipinski definition) is 6. The van der Waals surface area contributed by atoms with E-state index in [1.807, 2.05) is 20.8 Å². The van der Waals surface area contributed by atoms with Gasteiger partial charge in [0.25, 0.3) is 5.91 Å². The molecule has 0 spiro atoms. The fourth-order valence-corrected chi connectivity index (χ4v) is 5.16. The average Bonchev–Trinajstić information content (AvgIpc) is 3.25. The summed E-state index contributed by atoms with van der Waals surface area (Å²) in [6, 6.07) is 7.00. The van der Waals surface area contributed by atoms with E-state index >= 15 is 0 Å². The lowest BCUT2D eigenvalue weighted by molar-refractivity contribution is -0.139. The van der Waals surface area contributed by atoms with Crippen LogP contribution in [0.4, 0.5) is 13.2 Å². The van der Waals surface area contributed by atoms with Crippen molar-refractivity contribution in [2.45, 2.75) is 77.2 Å². The normalized spacial score (nSPS) is 12.5. The van der Waals surface area contributed by atoms with Crippen molar-refractivity contribution in [1.29, 1.82) is 0 Å². The van der Waals surface area contributed by atoms with Gasteiger partial charge in [0.1, 0.15) is 11.5 Å². The third kappa shape index (κ3) is 6.67. The van der Waals surface area contributed by atoms with Gasteiger partial charge in [-0.25, -0.2) is 13.4 Å². The van der Waals surface area contributed by atoms with Crippen LogP contribution in [-0.4, -0.2) is 39.7 Å². The fourth-order valence-electron chi connectivity index (χ4n) is 4.34. The molecule has 3 rings (SSSR count). The number of nitrogens with zero attached hydrogens (tertiary/aromatic N) is 3. The second-order valence-corrected chi connectivity index (χ2v) is 12.4. The van der Waals surface area contributed by atoms with Crippen molar-refractivity contribution in [2.75, 3.05) is 5.75 Å². The number of pyridine rings is 1. The van der Waals surface area contributed by atoms with Crippen molar-refractivity contribution >= 4 is 15.7 Å². The molecule has 0 radical (unpaired) electrons. The number of amides is 1. The second kappa shape index (κ2) is 11.5. The summed E-state index contributed by atoms with van der Waals surface area (Å²) in [6.07, 6.45) is -3.11. The van der Waals surface area contributed by atoms with Gasteiger partial charge in [-0.15, -0.1) is 0 Å². The summed E-state index contributed by atoms with van der Waals surface area (Å²) < 4.78 is 67.6. The van der Waals surface area contributed by atoms with E-state index in [0.717, 1.165) is 0 Å². The number of carbonyl (C=O) groups excluding carboxylic acids is 1. The Morgan fingerprint density at radius 2 is 1.74 bits per heavy atom. The fraction of sp³-hybridized carbons (Fsp3) is 0.444. The highest BCUT2D eigenvalue weighted by molar-refractivity contribution is 7.91. The van der Waals surface area contributed by atoms with E-state index in [0.29, 0.717) is 23.6 Å². The molecule has 8 nitrogen and oxygen atoms in total. The molecule has 39 heavy (non-hydrogen) atoms. The van der Waals surface area contributed by atoms with Gasteiger partial charge >= 0.3 is 6.18 Å². The maximum absolute atomic E-state index is 14.0. The van der Waals surface area contributed by atoms with E-state index in [9.17, 15) is 31.5 Å². The van der Waals surface area contributed by atoms with Gasteiger partial charge in [0, 0.05) is 18.2 Å². The minimum absolute atomic E-state index is 0.00290. The van der Waals surface area contributed by atoms with Crippen molar-refractivity contribution in [3.63, 3.8) is 0 Å². The molecule has 0 bridgehead atoms. The Balaban J connectivity index is 1.98. The van der Waals surface area contributed by atoms with Crippen LogP contribution in [0, 0.1) is 0 Å². The Morgan fingerprint density at radius 1 is 1.08 bits per heavy atom. The van der Waals surface area contributed by atoms with Crippen LogP contribution in [-0.2, 0) is 47.5 Å². The van der Waals surface area contributed by atoms with Crippen LogP contribution in [0.25, 0.3) is 0 Å². The number of imidazole rings is 1. The highest BCUT2D eigenvalue weighted by Gasteiger charge is 2.37. The summed E-state index contributed by atoms with van der Waals surface area (Å²) in [7, 11) is -3.40. The Morgan fingerprint density at radius 3 is 2.26 bits per heavy atom. The first-order valence-electron chi connectivity index (χ1n) is 12.5. The number of halogens is 3.